The number of aromatic amines is 1. The summed E-state index contributed by atoms with van der Waals surface area (Å²) in [6.07, 6.45) is 10.8. The average Bonchev–Trinajstić information content (AvgIpc) is 3.06. The number of aryl methyl sites for hydroxylation is 2. The number of carbonyl (C=O) groups is 1. The molecule has 2 aromatic heterocycles. The lowest BCUT2D eigenvalue weighted by atomic mass is 9.98. The van der Waals surface area contributed by atoms with Crippen LogP contribution in [-0.2, 0) is 6.54 Å². The van der Waals surface area contributed by atoms with Crippen molar-refractivity contribution in [2.75, 3.05) is 6.54 Å². The predicted molar refractivity (Wildman–Crippen MR) is 85.1 cm³/mol. The second-order valence-electron chi connectivity index (χ2n) is 5.95. The molecule has 0 aliphatic carbocycles. The Bertz CT molecular complexity index is 722. The van der Waals surface area contributed by atoms with E-state index in [1.54, 1.807) is 19.4 Å². The number of H-pyrrole nitrogens is 1. The van der Waals surface area contributed by atoms with Crippen LogP contribution in [0.1, 0.15) is 41.9 Å². The van der Waals surface area contributed by atoms with Crippen LogP contribution in [0.5, 0.6) is 0 Å². The molecular weight excluding hydrogens is 294 g/mol. The number of imidazole rings is 1. The van der Waals surface area contributed by atoms with Crippen LogP contribution >= 0.6 is 0 Å². The third kappa shape index (κ3) is 3.49. The molecule has 0 aromatic carbocycles. The van der Waals surface area contributed by atoms with E-state index in [4.69, 9.17) is 0 Å². The Labute approximate surface area is 134 Å². The Hall–Kier alpha value is -2.44. The van der Waals surface area contributed by atoms with Crippen molar-refractivity contribution in [3.63, 3.8) is 0 Å². The van der Waals surface area contributed by atoms with E-state index < -0.39 is 0 Å². The molecule has 2 aromatic rings. The molecule has 0 saturated carbocycles. The van der Waals surface area contributed by atoms with Crippen LogP contribution in [0, 0.1) is 6.92 Å². The summed E-state index contributed by atoms with van der Waals surface area (Å²) in [4.78, 5) is 37.3. The molecule has 1 fully saturated rings. The van der Waals surface area contributed by atoms with Gasteiger partial charge in [-0.05, 0) is 32.6 Å². The summed E-state index contributed by atoms with van der Waals surface area (Å²) in [7, 11) is 0. The molecule has 3 rings (SSSR count). The molecular formula is C16H21N5O2. The van der Waals surface area contributed by atoms with E-state index >= 15 is 0 Å². The number of piperidine rings is 1. The van der Waals surface area contributed by atoms with Gasteiger partial charge in [-0.25, -0.2) is 9.97 Å². The van der Waals surface area contributed by atoms with Crippen LogP contribution in [-0.4, -0.2) is 42.9 Å². The third-order valence-corrected chi connectivity index (χ3v) is 4.32. The molecule has 3 heterocycles. The fourth-order valence-electron chi connectivity index (χ4n) is 3.08. The minimum absolute atomic E-state index is 0.130. The third-order valence-electron chi connectivity index (χ3n) is 4.32. The summed E-state index contributed by atoms with van der Waals surface area (Å²) in [6.45, 7) is 3.21. The minimum Gasteiger partial charge on any atom is -0.337 e. The van der Waals surface area contributed by atoms with Crippen molar-refractivity contribution in [1.82, 2.24) is 24.4 Å². The van der Waals surface area contributed by atoms with Gasteiger partial charge in [0.1, 0.15) is 11.4 Å². The smallest absolute Gasteiger partial charge is 0.263 e. The van der Waals surface area contributed by atoms with E-state index in [-0.39, 0.29) is 23.1 Å². The van der Waals surface area contributed by atoms with Crippen LogP contribution in [0.15, 0.2) is 29.7 Å². The number of nitrogens with one attached hydrogen (secondary N) is 1. The van der Waals surface area contributed by atoms with Crippen LogP contribution < -0.4 is 5.56 Å². The molecule has 0 spiro atoms. The number of likely N-dealkylation sites (tertiary alicyclic amines) is 1. The zero-order valence-electron chi connectivity index (χ0n) is 13.2. The molecule has 1 saturated heterocycles. The Balaban J connectivity index is 1.74. The van der Waals surface area contributed by atoms with Gasteiger partial charge in [0.25, 0.3) is 11.5 Å². The summed E-state index contributed by atoms with van der Waals surface area (Å²) >= 11 is 0. The topological polar surface area (TPSA) is 83.9 Å². The van der Waals surface area contributed by atoms with Crippen molar-refractivity contribution in [2.45, 2.75) is 45.2 Å². The lowest BCUT2D eigenvalue weighted by molar-refractivity contribution is 0.0593. The lowest BCUT2D eigenvalue weighted by Crippen LogP contribution is -2.45. The molecule has 122 valence electrons. The minimum atomic E-state index is -0.360. The van der Waals surface area contributed by atoms with Gasteiger partial charge in [0.2, 0.25) is 0 Å². The zero-order valence-corrected chi connectivity index (χ0v) is 13.2. The van der Waals surface area contributed by atoms with Gasteiger partial charge in [-0.15, -0.1) is 0 Å². The first-order valence-electron chi connectivity index (χ1n) is 7.98. The molecule has 7 nitrogen and oxygen atoms in total. The Kier molecular flexibility index (Phi) is 4.55. The van der Waals surface area contributed by atoms with Crippen molar-refractivity contribution in [1.29, 1.82) is 0 Å². The lowest BCUT2D eigenvalue weighted by Gasteiger charge is -2.35. The summed E-state index contributed by atoms with van der Waals surface area (Å²) in [5.74, 6) is 0.302. The van der Waals surface area contributed by atoms with E-state index in [9.17, 15) is 9.59 Å². The van der Waals surface area contributed by atoms with Crippen LogP contribution in [0.4, 0.5) is 0 Å². The number of carbonyl (C=O) groups excluding carboxylic acids is 1. The second-order valence-corrected chi connectivity index (χ2v) is 5.95. The maximum atomic E-state index is 12.8. The number of hydrogen-bond donors (Lipinski definition) is 1. The van der Waals surface area contributed by atoms with Gasteiger partial charge in [0.05, 0.1) is 6.33 Å². The highest BCUT2D eigenvalue weighted by Gasteiger charge is 2.28. The maximum Gasteiger partial charge on any atom is 0.263 e. The monoisotopic (exact) mass is 315 g/mol. The van der Waals surface area contributed by atoms with Crippen molar-refractivity contribution >= 4 is 5.91 Å². The van der Waals surface area contributed by atoms with Gasteiger partial charge in [-0.2, -0.15) is 0 Å². The highest BCUT2D eigenvalue weighted by molar-refractivity contribution is 5.93. The van der Waals surface area contributed by atoms with Crippen molar-refractivity contribution in [3.8, 4) is 0 Å². The number of nitrogens with zero attached hydrogens (tertiary/aromatic N) is 4. The number of hydrogen-bond acceptors (Lipinski definition) is 4. The summed E-state index contributed by atoms with van der Waals surface area (Å²) < 4.78 is 2.01. The Morgan fingerprint density at radius 1 is 1.43 bits per heavy atom. The molecule has 1 atom stereocenters. The van der Waals surface area contributed by atoms with Gasteiger partial charge in [0.15, 0.2) is 0 Å². The average molecular weight is 315 g/mol. The normalized spacial score (nSPS) is 18.1. The van der Waals surface area contributed by atoms with E-state index in [1.807, 2.05) is 15.7 Å². The van der Waals surface area contributed by atoms with Crippen molar-refractivity contribution < 1.29 is 4.79 Å². The first-order valence-corrected chi connectivity index (χ1v) is 7.98. The van der Waals surface area contributed by atoms with Gasteiger partial charge >= 0.3 is 0 Å². The van der Waals surface area contributed by atoms with Gasteiger partial charge in [-0.1, -0.05) is 0 Å². The van der Waals surface area contributed by atoms with E-state index in [0.717, 1.165) is 32.2 Å². The first-order chi connectivity index (χ1) is 11.1. The molecule has 1 aliphatic rings. The number of amides is 1. The second kappa shape index (κ2) is 6.76. The fraction of sp³-hybridized carbons (Fsp3) is 0.500. The van der Waals surface area contributed by atoms with Gasteiger partial charge in [0, 0.05) is 37.7 Å². The summed E-state index contributed by atoms with van der Waals surface area (Å²) in [5.41, 5.74) is -0.230. The molecule has 23 heavy (non-hydrogen) atoms. The number of aromatic nitrogens is 4. The molecule has 1 unspecified atom stereocenters. The van der Waals surface area contributed by atoms with Crippen molar-refractivity contribution in [3.05, 3.63) is 46.7 Å². The maximum absolute atomic E-state index is 12.8. The van der Waals surface area contributed by atoms with Crippen molar-refractivity contribution in [2.24, 2.45) is 0 Å². The summed E-state index contributed by atoms with van der Waals surface area (Å²) in [6, 6.07) is 0.152. The quantitative estimate of drug-likeness (QED) is 0.923. The van der Waals surface area contributed by atoms with Crippen LogP contribution in [0.2, 0.25) is 0 Å². The highest BCUT2D eigenvalue weighted by Crippen LogP contribution is 2.21. The van der Waals surface area contributed by atoms with Gasteiger partial charge in [-0.3, -0.25) is 9.59 Å². The fourth-order valence-corrected chi connectivity index (χ4v) is 3.08. The highest BCUT2D eigenvalue weighted by atomic mass is 16.2. The molecule has 0 radical (unpaired) electrons. The van der Waals surface area contributed by atoms with E-state index in [1.165, 1.54) is 6.20 Å². The van der Waals surface area contributed by atoms with Gasteiger partial charge < -0.3 is 14.5 Å². The van der Waals surface area contributed by atoms with E-state index in [2.05, 4.69) is 15.0 Å². The standard InChI is InChI=1S/C16H21N5O2/c1-12-18-10-14(15(22)19-12)16(23)21-7-3-2-4-13(21)5-8-20-9-6-17-11-20/h6,9-11,13H,2-5,7-8H2,1H3,(H,18,19,22). The van der Waals surface area contributed by atoms with Crippen LogP contribution in [0.25, 0.3) is 0 Å². The SMILES string of the molecule is Cc1ncc(C(=O)N2CCCCC2CCn2ccnc2)c(=O)[nH]1. The Morgan fingerprint density at radius 3 is 3.04 bits per heavy atom. The Morgan fingerprint density at radius 2 is 2.30 bits per heavy atom. The molecule has 1 aliphatic heterocycles. The van der Waals surface area contributed by atoms with Crippen LogP contribution in [0.3, 0.4) is 0 Å². The zero-order chi connectivity index (χ0) is 16.2. The molecule has 1 N–H and O–H groups in total. The summed E-state index contributed by atoms with van der Waals surface area (Å²) in [5, 5.41) is 0. The molecule has 7 heteroatoms. The first kappa shape index (κ1) is 15.5. The molecule has 0 bridgehead atoms. The number of rotatable bonds is 4. The largest absolute Gasteiger partial charge is 0.337 e. The van der Waals surface area contributed by atoms with E-state index in [0.29, 0.717) is 12.4 Å². The predicted octanol–water partition coefficient (Wildman–Crippen LogP) is 1.36. The molecule has 1 amide bonds.